The van der Waals surface area contributed by atoms with Crippen LogP contribution in [0.4, 0.5) is 5.82 Å². The predicted octanol–water partition coefficient (Wildman–Crippen LogP) is 2.86. The van der Waals surface area contributed by atoms with Crippen molar-refractivity contribution >= 4 is 15.8 Å². The Labute approximate surface area is 164 Å². The SMILES string of the molecule is Cc1cc(C)c(-c2ccc(NCCNS(=O)(=O)c3ccccc3)nn2)c(O)c1. The minimum Gasteiger partial charge on any atom is -0.507 e. The lowest BCUT2D eigenvalue weighted by atomic mass is 10.0. The number of aromatic hydroxyl groups is 1. The number of aryl methyl sites for hydroxylation is 2. The number of hydrogen-bond donors (Lipinski definition) is 3. The molecule has 2 aromatic carbocycles. The summed E-state index contributed by atoms with van der Waals surface area (Å²) in [4.78, 5) is 0.229. The van der Waals surface area contributed by atoms with Crippen molar-refractivity contribution in [2.45, 2.75) is 18.7 Å². The maximum atomic E-state index is 12.1. The topological polar surface area (TPSA) is 104 Å². The number of anilines is 1. The van der Waals surface area contributed by atoms with Crippen molar-refractivity contribution in [1.29, 1.82) is 0 Å². The quantitative estimate of drug-likeness (QED) is 0.529. The van der Waals surface area contributed by atoms with E-state index in [4.69, 9.17) is 0 Å². The van der Waals surface area contributed by atoms with Crippen molar-refractivity contribution in [3.05, 3.63) is 65.7 Å². The highest BCUT2D eigenvalue weighted by Gasteiger charge is 2.13. The van der Waals surface area contributed by atoms with Gasteiger partial charge >= 0.3 is 0 Å². The summed E-state index contributed by atoms with van der Waals surface area (Å²) in [5.74, 6) is 0.690. The molecule has 0 bridgehead atoms. The maximum Gasteiger partial charge on any atom is 0.240 e. The fraction of sp³-hybridized carbons (Fsp3) is 0.200. The maximum absolute atomic E-state index is 12.1. The molecule has 3 rings (SSSR count). The van der Waals surface area contributed by atoms with E-state index in [2.05, 4.69) is 20.2 Å². The Morgan fingerprint density at radius 1 is 0.964 bits per heavy atom. The van der Waals surface area contributed by atoms with Gasteiger partial charge in [0.2, 0.25) is 10.0 Å². The van der Waals surface area contributed by atoms with Crippen molar-refractivity contribution in [1.82, 2.24) is 14.9 Å². The predicted molar refractivity (Wildman–Crippen MR) is 109 cm³/mol. The lowest BCUT2D eigenvalue weighted by Gasteiger charge is -2.10. The number of phenolic OH excluding ortho intramolecular Hbond substituents is 1. The summed E-state index contributed by atoms with van der Waals surface area (Å²) in [7, 11) is -3.52. The van der Waals surface area contributed by atoms with Gasteiger partial charge in [0, 0.05) is 18.7 Å². The fourth-order valence-electron chi connectivity index (χ4n) is 2.90. The summed E-state index contributed by atoms with van der Waals surface area (Å²) in [6.07, 6.45) is 0. The number of nitrogens with zero attached hydrogens (tertiary/aromatic N) is 2. The Morgan fingerprint density at radius 2 is 1.71 bits per heavy atom. The van der Waals surface area contributed by atoms with E-state index in [0.717, 1.165) is 11.1 Å². The van der Waals surface area contributed by atoms with Gasteiger partial charge in [0.25, 0.3) is 0 Å². The van der Waals surface area contributed by atoms with Gasteiger partial charge in [-0.25, -0.2) is 13.1 Å². The molecule has 0 unspecified atom stereocenters. The third kappa shape index (κ3) is 4.65. The van der Waals surface area contributed by atoms with Gasteiger partial charge in [0.1, 0.15) is 11.6 Å². The molecule has 1 heterocycles. The number of hydrogen-bond acceptors (Lipinski definition) is 6. The zero-order valence-corrected chi connectivity index (χ0v) is 16.5. The molecule has 7 nitrogen and oxygen atoms in total. The molecule has 0 aliphatic rings. The third-order valence-corrected chi connectivity index (χ3v) is 5.63. The van der Waals surface area contributed by atoms with Crippen LogP contribution in [0.5, 0.6) is 5.75 Å². The number of phenols is 1. The van der Waals surface area contributed by atoms with Crippen LogP contribution in [0.1, 0.15) is 11.1 Å². The van der Waals surface area contributed by atoms with E-state index >= 15 is 0 Å². The fourth-order valence-corrected chi connectivity index (χ4v) is 3.95. The third-order valence-electron chi connectivity index (χ3n) is 4.16. The molecule has 8 heteroatoms. The number of rotatable bonds is 7. The molecular formula is C20H22N4O3S. The first-order chi connectivity index (χ1) is 13.4. The lowest BCUT2D eigenvalue weighted by Crippen LogP contribution is -2.29. The lowest BCUT2D eigenvalue weighted by molar-refractivity contribution is 0.476. The molecule has 0 aliphatic heterocycles. The summed E-state index contributed by atoms with van der Waals surface area (Å²) in [5.41, 5.74) is 3.12. The minimum atomic E-state index is -3.52. The average Bonchev–Trinajstić information content (AvgIpc) is 2.66. The Bertz CT molecular complexity index is 1030. The van der Waals surface area contributed by atoms with Crippen LogP contribution in [0.15, 0.2) is 59.5 Å². The van der Waals surface area contributed by atoms with Gasteiger partial charge in [0.05, 0.1) is 10.6 Å². The summed E-state index contributed by atoms with van der Waals surface area (Å²) < 4.78 is 26.8. The summed E-state index contributed by atoms with van der Waals surface area (Å²) in [6.45, 7) is 4.39. The van der Waals surface area contributed by atoms with E-state index in [1.54, 1.807) is 48.5 Å². The normalized spacial score (nSPS) is 11.4. The molecule has 0 amide bonds. The highest BCUT2D eigenvalue weighted by molar-refractivity contribution is 7.89. The van der Waals surface area contributed by atoms with E-state index in [1.165, 1.54) is 0 Å². The van der Waals surface area contributed by atoms with Gasteiger partial charge in [-0.3, -0.25) is 0 Å². The van der Waals surface area contributed by atoms with Crippen LogP contribution < -0.4 is 10.0 Å². The number of nitrogens with one attached hydrogen (secondary N) is 2. The van der Waals surface area contributed by atoms with Crippen molar-refractivity contribution in [2.75, 3.05) is 18.4 Å². The van der Waals surface area contributed by atoms with Crippen LogP contribution in [-0.4, -0.2) is 36.8 Å². The van der Waals surface area contributed by atoms with E-state index in [-0.39, 0.29) is 17.2 Å². The minimum absolute atomic E-state index is 0.169. The average molecular weight is 398 g/mol. The molecule has 1 aromatic heterocycles. The monoisotopic (exact) mass is 398 g/mol. The molecule has 0 spiro atoms. The van der Waals surface area contributed by atoms with Crippen molar-refractivity contribution in [2.24, 2.45) is 0 Å². The number of aromatic nitrogens is 2. The first-order valence-electron chi connectivity index (χ1n) is 8.80. The molecule has 0 saturated heterocycles. The molecule has 0 aliphatic carbocycles. The molecule has 28 heavy (non-hydrogen) atoms. The van der Waals surface area contributed by atoms with Gasteiger partial charge in [-0.1, -0.05) is 24.3 Å². The molecule has 3 aromatic rings. The van der Waals surface area contributed by atoms with Crippen molar-refractivity contribution in [3.8, 4) is 17.0 Å². The van der Waals surface area contributed by atoms with Gasteiger partial charge in [0.15, 0.2) is 0 Å². The Balaban J connectivity index is 1.58. The molecular weight excluding hydrogens is 376 g/mol. The van der Waals surface area contributed by atoms with Crippen molar-refractivity contribution in [3.63, 3.8) is 0 Å². The number of benzene rings is 2. The van der Waals surface area contributed by atoms with E-state index < -0.39 is 10.0 Å². The van der Waals surface area contributed by atoms with E-state index in [9.17, 15) is 13.5 Å². The molecule has 3 N–H and O–H groups in total. The second-order valence-corrected chi connectivity index (χ2v) is 8.18. The zero-order valence-electron chi connectivity index (χ0n) is 15.7. The van der Waals surface area contributed by atoms with Gasteiger partial charge in [-0.15, -0.1) is 10.2 Å². The first kappa shape index (κ1) is 19.8. The summed E-state index contributed by atoms with van der Waals surface area (Å²) in [6, 6.07) is 15.4. The second kappa shape index (κ2) is 8.37. The van der Waals surface area contributed by atoms with Crippen LogP contribution in [0.2, 0.25) is 0 Å². The van der Waals surface area contributed by atoms with Gasteiger partial charge < -0.3 is 10.4 Å². The van der Waals surface area contributed by atoms with Crippen LogP contribution in [0, 0.1) is 13.8 Å². The first-order valence-corrected chi connectivity index (χ1v) is 10.3. The molecule has 0 radical (unpaired) electrons. The largest absolute Gasteiger partial charge is 0.507 e. The highest BCUT2D eigenvalue weighted by Crippen LogP contribution is 2.32. The smallest absolute Gasteiger partial charge is 0.240 e. The Morgan fingerprint density at radius 3 is 2.36 bits per heavy atom. The van der Waals surface area contributed by atoms with Gasteiger partial charge in [-0.2, -0.15) is 0 Å². The molecule has 0 fully saturated rings. The highest BCUT2D eigenvalue weighted by atomic mass is 32.2. The summed E-state index contributed by atoms with van der Waals surface area (Å²) >= 11 is 0. The second-order valence-electron chi connectivity index (χ2n) is 6.42. The zero-order chi connectivity index (χ0) is 20.1. The standard InChI is InChI=1S/C20H22N4O3S/c1-14-12-15(2)20(18(25)13-14)17-8-9-19(24-23-17)21-10-11-22-28(26,27)16-6-4-3-5-7-16/h3-9,12-13,22,25H,10-11H2,1-2H3,(H,21,24). The molecule has 146 valence electrons. The van der Waals surface area contributed by atoms with Crippen molar-refractivity contribution < 1.29 is 13.5 Å². The van der Waals surface area contributed by atoms with Crippen LogP contribution in [-0.2, 0) is 10.0 Å². The Hall–Kier alpha value is -2.97. The number of sulfonamides is 1. The van der Waals surface area contributed by atoms with Gasteiger partial charge in [-0.05, 0) is 55.3 Å². The molecule has 0 saturated carbocycles. The Kier molecular flexibility index (Phi) is 5.91. The summed E-state index contributed by atoms with van der Waals surface area (Å²) in [5, 5.41) is 21.5. The van der Waals surface area contributed by atoms with Crippen LogP contribution in [0.3, 0.4) is 0 Å². The van der Waals surface area contributed by atoms with Crippen LogP contribution >= 0.6 is 0 Å². The van der Waals surface area contributed by atoms with E-state index in [0.29, 0.717) is 23.6 Å². The van der Waals surface area contributed by atoms with E-state index in [1.807, 2.05) is 19.9 Å². The molecule has 0 atom stereocenters. The van der Waals surface area contributed by atoms with Crippen LogP contribution in [0.25, 0.3) is 11.3 Å².